The molecule has 0 heterocycles. The summed E-state index contributed by atoms with van der Waals surface area (Å²) in [5, 5.41) is 0. The van der Waals surface area contributed by atoms with E-state index < -0.39 is 5.69 Å². The van der Waals surface area contributed by atoms with Crippen LogP contribution >= 0.6 is 17.9 Å². The van der Waals surface area contributed by atoms with E-state index in [0.29, 0.717) is 0 Å². The summed E-state index contributed by atoms with van der Waals surface area (Å²) in [6.45, 7) is 10.0. The van der Waals surface area contributed by atoms with Crippen molar-refractivity contribution in [2.45, 2.75) is 59.3 Å². The van der Waals surface area contributed by atoms with Gasteiger partial charge in [0.2, 0.25) is 5.69 Å². The quantitative estimate of drug-likeness (QED) is 0.224. The second kappa shape index (κ2) is 22.7. The van der Waals surface area contributed by atoms with E-state index in [2.05, 4.69) is 37.9 Å². The SMILES string of the molecule is C[CH-]C.OP(O)(=S)S.[CH2-]CCCCCCC.[Zn+2]. The first-order valence-corrected chi connectivity index (χ1v) is 9.50. The number of rotatable bonds is 5. The van der Waals surface area contributed by atoms with Gasteiger partial charge in [0.05, 0.1) is 0 Å². The molecule has 0 aromatic rings. The van der Waals surface area contributed by atoms with Crippen LogP contribution in [0.2, 0.25) is 0 Å². The Labute approximate surface area is 131 Å². The molecule has 0 saturated heterocycles. The van der Waals surface area contributed by atoms with E-state index in [1.807, 2.05) is 20.3 Å². The van der Waals surface area contributed by atoms with Crippen LogP contribution in [0.1, 0.15) is 59.3 Å². The zero-order valence-corrected chi connectivity index (χ0v) is 17.0. The molecule has 0 fully saturated rings. The normalized spacial score (nSPS) is 9.12. The third-order valence-corrected chi connectivity index (χ3v) is 1.35. The summed E-state index contributed by atoms with van der Waals surface area (Å²) >= 11 is 7.07. The molecule has 0 aliphatic carbocycles. The molecule has 0 atom stereocenters. The fraction of sp³-hybridized carbons (Fsp3) is 0.818. The topological polar surface area (TPSA) is 40.5 Å². The van der Waals surface area contributed by atoms with Gasteiger partial charge in [-0.25, -0.2) is 0 Å². The number of unbranched alkanes of at least 4 members (excludes halogenated alkanes) is 5. The molecule has 0 aliphatic rings. The molecule has 102 valence electrons. The Morgan fingerprint density at radius 3 is 1.71 bits per heavy atom. The third-order valence-electron chi connectivity index (χ3n) is 1.35. The minimum absolute atomic E-state index is 0. The smallest absolute Gasteiger partial charge is 0.343 e. The fourth-order valence-electron chi connectivity index (χ4n) is 0.780. The molecule has 0 aliphatic heterocycles. The molecule has 0 spiro atoms. The molecule has 0 rings (SSSR count). The van der Waals surface area contributed by atoms with Crippen molar-refractivity contribution in [2.75, 3.05) is 0 Å². The first-order valence-electron chi connectivity index (χ1n) is 5.64. The van der Waals surface area contributed by atoms with Crippen molar-refractivity contribution >= 4 is 29.7 Å². The van der Waals surface area contributed by atoms with Gasteiger partial charge in [-0.05, 0) is 11.8 Å². The average molecular weight is 352 g/mol. The predicted molar refractivity (Wildman–Crippen MR) is 82.1 cm³/mol. The Morgan fingerprint density at radius 2 is 1.47 bits per heavy atom. The standard InChI is InChI=1S/C8H17.C3H7.H3O2PS2.Zn/c1-3-5-7-8-6-4-2;1-3-2;1-3(2,4)5;/h1,3-8H2,2H3;3H,1-2H3;(H3,1,2,4,5);/q2*-1;;+2. The Morgan fingerprint density at radius 1 is 1.18 bits per heavy atom. The van der Waals surface area contributed by atoms with Crippen LogP contribution in [0.5, 0.6) is 0 Å². The van der Waals surface area contributed by atoms with Gasteiger partial charge in [-0.3, -0.25) is 0 Å². The molecule has 0 amide bonds. The van der Waals surface area contributed by atoms with Crippen LogP contribution in [0.15, 0.2) is 0 Å². The van der Waals surface area contributed by atoms with Crippen LogP contribution in [0.3, 0.4) is 0 Å². The summed E-state index contributed by atoms with van der Waals surface area (Å²) in [7, 11) is 0. The van der Waals surface area contributed by atoms with Gasteiger partial charge in [0.15, 0.2) is 0 Å². The van der Waals surface area contributed by atoms with E-state index in [1.165, 1.54) is 32.1 Å². The Balaban J connectivity index is -0.0000000815. The van der Waals surface area contributed by atoms with E-state index in [1.54, 1.807) is 0 Å². The predicted octanol–water partition coefficient (Wildman–Crippen LogP) is 4.53. The van der Waals surface area contributed by atoms with E-state index in [-0.39, 0.29) is 19.5 Å². The maximum atomic E-state index is 7.87. The van der Waals surface area contributed by atoms with Crippen molar-refractivity contribution in [1.29, 1.82) is 0 Å². The van der Waals surface area contributed by atoms with Gasteiger partial charge in [-0.2, -0.15) is 20.3 Å². The Kier molecular flexibility index (Phi) is 36.0. The average Bonchev–Trinajstić information content (AvgIpc) is 2.11. The second-order valence-electron chi connectivity index (χ2n) is 3.36. The van der Waals surface area contributed by atoms with Crippen LogP contribution in [0.4, 0.5) is 0 Å². The van der Waals surface area contributed by atoms with Gasteiger partial charge >= 0.3 is 19.5 Å². The third kappa shape index (κ3) is 99.0. The van der Waals surface area contributed by atoms with Crippen LogP contribution in [-0.4, -0.2) is 9.79 Å². The summed E-state index contributed by atoms with van der Waals surface area (Å²) in [5.41, 5.74) is -3.11. The molecule has 0 unspecified atom stereocenters. The van der Waals surface area contributed by atoms with Gasteiger partial charge in [0, 0.05) is 0 Å². The van der Waals surface area contributed by atoms with Gasteiger partial charge < -0.3 is 23.1 Å². The summed E-state index contributed by atoms with van der Waals surface area (Å²) in [5.74, 6) is 0. The molecule has 2 N–H and O–H groups in total. The number of hydrogen-bond donors (Lipinski definition) is 3. The van der Waals surface area contributed by atoms with Crippen molar-refractivity contribution in [2.24, 2.45) is 0 Å². The molecule has 2 nitrogen and oxygen atoms in total. The molecule has 0 aromatic heterocycles. The summed E-state index contributed by atoms with van der Waals surface area (Å²) in [4.78, 5) is 15.7. The monoisotopic (exact) mass is 350 g/mol. The zero-order chi connectivity index (χ0) is 13.4. The molecule has 0 aromatic carbocycles. The molecule has 0 saturated carbocycles. The maximum Gasteiger partial charge on any atom is 2.00 e. The van der Waals surface area contributed by atoms with Crippen LogP contribution in [-0.2, 0) is 31.3 Å². The number of hydrogen-bond acceptors (Lipinski definition) is 1. The molecular formula is C11H27O2PS2Zn. The van der Waals surface area contributed by atoms with E-state index in [4.69, 9.17) is 9.79 Å². The van der Waals surface area contributed by atoms with Gasteiger partial charge in [0.1, 0.15) is 0 Å². The number of thiol groups is 1. The maximum absolute atomic E-state index is 7.87. The molecular weight excluding hydrogens is 325 g/mol. The van der Waals surface area contributed by atoms with Crippen molar-refractivity contribution in [3.8, 4) is 0 Å². The van der Waals surface area contributed by atoms with Gasteiger partial charge in [-0.1, -0.05) is 51.3 Å². The Hall–Kier alpha value is 1.54. The molecule has 0 bridgehead atoms. The van der Waals surface area contributed by atoms with Gasteiger partial charge in [0.25, 0.3) is 0 Å². The minimum atomic E-state index is -3.11. The van der Waals surface area contributed by atoms with Crippen LogP contribution in [0, 0.1) is 13.3 Å². The molecule has 0 radical (unpaired) electrons. The molecule has 6 heteroatoms. The summed E-state index contributed by atoms with van der Waals surface area (Å²) in [6.07, 6.45) is 9.98. The zero-order valence-electron chi connectivity index (χ0n) is 11.4. The Bertz CT molecular complexity index is 140. The van der Waals surface area contributed by atoms with Crippen molar-refractivity contribution in [1.82, 2.24) is 0 Å². The van der Waals surface area contributed by atoms with E-state index >= 15 is 0 Å². The summed E-state index contributed by atoms with van der Waals surface area (Å²) < 4.78 is 0. The minimum Gasteiger partial charge on any atom is -0.343 e. The first-order chi connectivity index (χ1) is 7.33. The first kappa shape index (κ1) is 27.0. The second-order valence-corrected chi connectivity index (χ2v) is 8.40. The summed E-state index contributed by atoms with van der Waals surface area (Å²) in [6, 6.07) is 0. The van der Waals surface area contributed by atoms with E-state index in [0.717, 1.165) is 6.42 Å². The van der Waals surface area contributed by atoms with Gasteiger partial charge in [-0.15, -0.1) is 0 Å². The van der Waals surface area contributed by atoms with Crippen molar-refractivity contribution in [3.63, 3.8) is 0 Å². The van der Waals surface area contributed by atoms with Crippen LogP contribution in [0.25, 0.3) is 0 Å². The fourth-order valence-corrected chi connectivity index (χ4v) is 0.780. The van der Waals surface area contributed by atoms with Crippen molar-refractivity contribution in [3.05, 3.63) is 13.3 Å². The van der Waals surface area contributed by atoms with E-state index in [9.17, 15) is 0 Å². The largest absolute Gasteiger partial charge is 2.00 e. The van der Waals surface area contributed by atoms with Crippen LogP contribution < -0.4 is 0 Å². The van der Waals surface area contributed by atoms with Crippen molar-refractivity contribution < 1.29 is 29.3 Å². The molecule has 17 heavy (non-hydrogen) atoms.